The second-order valence-corrected chi connectivity index (χ2v) is 9.40. The molecule has 0 atom stereocenters. The topological polar surface area (TPSA) is 77.5 Å². The molecular formula is C31H31F3N2O6. The number of carbonyl (C=O) groups excluding carboxylic acids is 2. The highest BCUT2D eigenvalue weighted by Gasteiger charge is 2.31. The Morgan fingerprint density at radius 1 is 0.714 bits per heavy atom. The van der Waals surface area contributed by atoms with Gasteiger partial charge in [0, 0.05) is 37.8 Å². The number of hydrogen-bond donors (Lipinski definition) is 0. The summed E-state index contributed by atoms with van der Waals surface area (Å²) < 4.78 is 61.6. The molecule has 0 spiro atoms. The number of benzene rings is 3. The van der Waals surface area contributed by atoms with E-state index in [4.69, 9.17) is 18.9 Å². The molecule has 222 valence electrons. The smallest absolute Gasteiger partial charge is 0.416 e. The minimum atomic E-state index is -4.54. The van der Waals surface area contributed by atoms with Crippen molar-refractivity contribution in [3.8, 4) is 23.0 Å². The van der Waals surface area contributed by atoms with Gasteiger partial charge < -0.3 is 28.7 Å². The third-order valence-corrected chi connectivity index (χ3v) is 6.96. The fraction of sp³-hybridized carbons (Fsp3) is 0.290. The zero-order valence-electron chi connectivity index (χ0n) is 23.7. The molecule has 1 aliphatic rings. The number of amides is 2. The molecule has 42 heavy (non-hydrogen) atoms. The maximum absolute atomic E-state index is 13.5. The summed E-state index contributed by atoms with van der Waals surface area (Å²) in [6, 6.07) is 14.7. The van der Waals surface area contributed by atoms with Crippen LogP contribution in [0.2, 0.25) is 0 Å². The second-order valence-electron chi connectivity index (χ2n) is 9.40. The van der Waals surface area contributed by atoms with Crippen LogP contribution in [0.5, 0.6) is 23.0 Å². The van der Waals surface area contributed by atoms with Crippen LogP contribution in [0.3, 0.4) is 0 Å². The molecule has 4 rings (SSSR count). The monoisotopic (exact) mass is 584 g/mol. The molecule has 0 bridgehead atoms. The quantitative estimate of drug-likeness (QED) is 0.341. The van der Waals surface area contributed by atoms with Crippen LogP contribution in [-0.2, 0) is 11.0 Å². The Hall–Kier alpha value is -4.67. The van der Waals surface area contributed by atoms with Crippen LogP contribution in [0.4, 0.5) is 13.2 Å². The van der Waals surface area contributed by atoms with Crippen molar-refractivity contribution in [1.82, 2.24) is 9.80 Å². The van der Waals surface area contributed by atoms with E-state index in [2.05, 4.69) is 0 Å². The maximum atomic E-state index is 13.5. The number of hydrogen-bond acceptors (Lipinski definition) is 6. The number of alkyl halides is 3. The van der Waals surface area contributed by atoms with Crippen molar-refractivity contribution in [1.29, 1.82) is 0 Å². The van der Waals surface area contributed by atoms with Crippen molar-refractivity contribution < 1.29 is 41.7 Å². The molecule has 0 N–H and O–H groups in total. The number of methoxy groups -OCH3 is 4. The third kappa shape index (κ3) is 6.62. The molecule has 3 aromatic carbocycles. The molecule has 1 aliphatic heterocycles. The van der Waals surface area contributed by atoms with Crippen molar-refractivity contribution in [2.24, 2.45) is 0 Å². The van der Waals surface area contributed by atoms with E-state index in [0.717, 1.165) is 12.1 Å². The Balaban J connectivity index is 1.56. The van der Waals surface area contributed by atoms with Crippen molar-refractivity contribution in [3.05, 3.63) is 89.0 Å². The van der Waals surface area contributed by atoms with Crippen LogP contribution in [0.25, 0.3) is 5.57 Å². The summed E-state index contributed by atoms with van der Waals surface area (Å²) in [4.78, 5) is 29.9. The zero-order chi connectivity index (χ0) is 30.4. The first-order chi connectivity index (χ1) is 20.1. The number of nitrogens with zero attached hydrogens (tertiary/aromatic N) is 2. The Labute approximate surface area is 241 Å². The summed E-state index contributed by atoms with van der Waals surface area (Å²) in [5.41, 5.74) is 0.671. The zero-order valence-corrected chi connectivity index (χ0v) is 23.7. The first-order valence-electron chi connectivity index (χ1n) is 13.0. The molecule has 11 heteroatoms. The van der Waals surface area contributed by atoms with Gasteiger partial charge >= 0.3 is 6.18 Å². The van der Waals surface area contributed by atoms with Gasteiger partial charge in [-0.25, -0.2) is 0 Å². The van der Waals surface area contributed by atoms with Gasteiger partial charge in [0.2, 0.25) is 11.7 Å². The van der Waals surface area contributed by atoms with Crippen molar-refractivity contribution >= 4 is 17.4 Å². The Kier molecular flexibility index (Phi) is 9.29. The standard InChI is InChI=1S/C31H31F3N2O6/c1-39-24-10-8-20(9-11-24)25(21-6-5-7-23(16-21)31(32,33)34)19-28(37)35-12-14-36(15-13-35)30(38)22-17-26(40-2)29(42-4)27(18-22)41-3/h5-11,16-19H,12-15H2,1-4H3/b25-19-. The molecule has 1 fully saturated rings. The molecule has 3 aromatic rings. The van der Waals surface area contributed by atoms with Gasteiger partial charge in [0.25, 0.3) is 5.91 Å². The number of rotatable bonds is 8. The molecule has 0 radical (unpaired) electrons. The minimum absolute atomic E-state index is 0.240. The van der Waals surface area contributed by atoms with E-state index >= 15 is 0 Å². The van der Waals surface area contributed by atoms with Crippen molar-refractivity contribution in [2.75, 3.05) is 54.6 Å². The second kappa shape index (κ2) is 12.9. The molecule has 0 aliphatic carbocycles. The number of ether oxygens (including phenoxy) is 4. The molecule has 1 saturated heterocycles. The highest BCUT2D eigenvalue weighted by molar-refractivity contribution is 6.00. The van der Waals surface area contributed by atoms with Gasteiger partial charge in [-0.1, -0.05) is 24.3 Å². The third-order valence-electron chi connectivity index (χ3n) is 6.96. The van der Waals surface area contributed by atoms with E-state index in [9.17, 15) is 22.8 Å². The number of halogens is 3. The lowest BCUT2D eigenvalue weighted by molar-refractivity contribution is -0.137. The summed E-state index contributed by atoms with van der Waals surface area (Å²) in [6.07, 6.45) is -3.19. The predicted molar refractivity (Wildman–Crippen MR) is 150 cm³/mol. The molecule has 2 amide bonds. The SMILES string of the molecule is COc1ccc(/C(=C/C(=O)N2CCN(C(=O)c3cc(OC)c(OC)c(OC)c3)CC2)c2cccc(C(F)(F)F)c2)cc1. The van der Waals surface area contributed by atoms with Crippen LogP contribution in [0, 0.1) is 0 Å². The van der Waals surface area contributed by atoms with E-state index in [1.165, 1.54) is 46.6 Å². The largest absolute Gasteiger partial charge is 0.497 e. The van der Waals surface area contributed by atoms with Crippen LogP contribution in [-0.4, -0.2) is 76.2 Å². The molecule has 0 saturated carbocycles. The van der Waals surface area contributed by atoms with Crippen molar-refractivity contribution in [3.63, 3.8) is 0 Å². The van der Waals surface area contributed by atoms with Gasteiger partial charge in [-0.2, -0.15) is 13.2 Å². The van der Waals surface area contributed by atoms with Gasteiger partial charge in [-0.15, -0.1) is 0 Å². The Bertz CT molecular complexity index is 1440. The summed E-state index contributed by atoms with van der Waals surface area (Å²) in [5.74, 6) is 0.992. The molecule has 1 heterocycles. The lowest BCUT2D eigenvalue weighted by Crippen LogP contribution is -2.50. The number of piperazine rings is 1. The summed E-state index contributed by atoms with van der Waals surface area (Å²) >= 11 is 0. The average Bonchev–Trinajstić information content (AvgIpc) is 3.02. The molecular weight excluding hydrogens is 553 g/mol. The maximum Gasteiger partial charge on any atom is 0.416 e. The summed E-state index contributed by atoms with van der Waals surface area (Å²) in [7, 11) is 5.90. The van der Waals surface area contributed by atoms with E-state index in [1.54, 1.807) is 46.2 Å². The molecule has 8 nitrogen and oxygen atoms in total. The van der Waals surface area contributed by atoms with Crippen molar-refractivity contribution in [2.45, 2.75) is 6.18 Å². The van der Waals surface area contributed by atoms with Gasteiger partial charge in [-0.05, 0) is 53.1 Å². The van der Waals surface area contributed by atoms with E-state index in [0.29, 0.717) is 39.7 Å². The highest BCUT2D eigenvalue weighted by Crippen LogP contribution is 2.38. The summed E-state index contributed by atoms with van der Waals surface area (Å²) in [5, 5.41) is 0. The summed E-state index contributed by atoms with van der Waals surface area (Å²) in [6.45, 7) is 1.00. The highest BCUT2D eigenvalue weighted by atomic mass is 19.4. The molecule has 0 aromatic heterocycles. The van der Waals surface area contributed by atoms with E-state index in [1.807, 2.05) is 0 Å². The first kappa shape index (κ1) is 30.3. The Morgan fingerprint density at radius 2 is 1.31 bits per heavy atom. The van der Waals surface area contributed by atoms with Gasteiger partial charge in [0.1, 0.15) is 5.75 Å². The van der Waals surface area contributed by atoms with E-state index in [-0.39, 0.29) is 43.6 Å². The van der Waals surface area contributed by atoms with Gasteiger partial charge in [0.15, 0.2) is 11.5 Å². The van der Waals surface area contributed by atoms with Crippen LogP contribution in [0.15, 0.2) is 66.7 Å². The fourth-order valence-corrected chi connectivity index (χ4v) is 4.70. The lowest BCUT2D eigenvalue weighted by atomic mass is 9.95. The molecule has 0 unspecified atom stereocenters. The predicted octanol–water partition coefficient (Wildman–Crippen LogP) is 5.16. The van der Waals surface area contributed by atoms with Crippen LogP contribution < -0.4 is 18.9 Å². The van der Waals surface area contributed by atoms with E-state index < -0.39 is 11.7 Å². The first-order valence-corrected chi connectivity index (χ1v) is 13.0. The van der Waals surface area contributed by atoms with Gasteiger partial charge in [-0.3, -0.25) is 9.59 Å². The van der Waals surface area contributed by atoms with Gasteiger partial charge in [0.05, 0.1) is 34.0 Å². The Morgan fingerprint density at radius 3 is 1.83 bits per heavy atom. The average molecular weight is 585 g/mol. The van der Waals surface area contributed by atoms with Crippen LogP contribution in [0.1, 0.15) is 27.0 Å². The fourth-order valence-electron chi connectivity index (χ4n) is 4.70. The minimum Gasteiger partial charge on any atom is -0.497 e. The lowest BCUT2D eigenvalue weighted by Gasteiger charge is -2.34. The normalized spacial score (nSPS) is 13.9. The number of carbonyl (C=O) groups is 2. The van der Waals surface area contributed by atoms with Crippen LogP contribution >= 0.6 is 0 Å².